The zero-order chi connectivity index (χ0) is 22.9. The molecule has 1 aromatic heterocycles. The Balaban J connectivity index is 1.74. The van der Waals surface area contributed by atoms with Crippen LogP contribution in [0.3, 0.4) is 0 Å². The molecule has 0 saturated heterocycles. The highest BCUT2D eigenvalue weighted by molar-refractivity contribution is 7.98. The van der Waals surface area contributed by atoms with Gasteiger partial charge in [0.05, 0.1) is 5.69 Å². The molecule has 0 bridgehead atoms. The standard InChI is InChI=1S/C26H24ClFN2OS/c1-26(2,31)24-16-30(25(29-24)15-21-22(27)8-5-9-23(21)28)19-12-10-17(11-13-19)18-6-4-7-20(14-18)32-3/h4-14,16,31H,15H2,1-3H3. The molecular weight excluding hydrogens is 443 g/mol. The summed E-state index contributed by atoms with van der Waals surface area (Å²) in [5.41, 5.74) is 2.89. The van der Waals surface area contributed by atoms with Gasteiger partial charge in [0.15, 0.2) is 0 Å². The molecular formula is C26H24ClFN2OS. The van der Waals surface area contributed by atoms with Gasteiger partial charge in [-0.15, -0.1) is 11.8 Å². The normalized spacial score (nSPS) is 11.7. The minimum atomic E-state index is -1.13. The monoisotopic (exact) mass is 466 g/mol. The van der Waals surface area contributed by atoms with E-state index in [1.165, 1.54) is 11.0 Å². The van der Waals surface area contributed by atoms with Crippen LogP contribution in [0.5, 0.6) is 0 Å². The molecule has 0 spiro atoms. The van der Waals surface area contributed by atoms with Crippen molar-refractivity contribution in [3.63, 3.8) is 0 Å². The Morgan fingerprint density at radius 2 is 1.75 bits per heavy atom. The Kier molecular flexibility index (Phi) is 6.42. The van der Waals surface area contributed by atoms with E-state index in [9.17, 15) is 9.50 Å². The maximum Gasteiger partial charge on any atom is 0.128 e. The topological polar surface area (TPSA) is 38.0 Å². The van der Waals surface area contributed by atoms with E-state index in [1.54, 1.807) is 43.9 Å². The fraction of sp³-hybridized carbons (Fsp3) is 0.192. The van der Waals surface area contributed by atoms with Crippen molar-refractivity contribution in [3.05, 3.63) is 101 Å². The second-order valence-corrected chi connectivity index (χ2v) is 9.41. The van der Waals surface area contributed by atoms with E-state index in [2.05, 4.69) is 47.6 Å². The van der Waals surface area contributed by atoms with E-state index < -0.39 is 5.60 Å². The molecule has 0 aliphatic rings. The van der Waals surface area contributed by atoms with Crippen LogP contribution in [0, 0.1) is 5.82 Å². The van der Waals surface area contributed by atoms with Crippen molar-refractivity contribution < 1.29 is 9.50 Å². The Hall–Kier alpha value is -2.60. The van der Waals surface area contributed by atoms with E-state index in [0.717, 1.165) is 16.8 Å². The fourth-order valence-corrected chi connectivity index (χ4v) is 4.23. The zero-order valence-electron chi connectivity index (χ0n) is 18.1. The molecule has 1 heterocycles. The third-order valence-corrected chi connectivity index (χ3v) is 6.43. The first-order valence-corrected chi connectivity index (χ1v) is 11.9. The van der Waals surface area contributed by atoms with Gasteiger partial charge in [0.2, 0.25) is 0 Å². The highest BCUT2D eigenvalue weighted by atomic mass is 35.5. The summed E-state index contributed by atoms with van der Waals surface area (Å²) in [7, 11) is 0. The van der Waals surface area contributed by atoms with Crippen molar-refractivity contribution >= 4 is 23.4 Å². The minimum Gasteiger partial charge on any atom is -0.384 e. The quantitative estimate of drug-likeness (QED) is 0.315. The van der Waals surface area contributed by atoms with Crippen molar-refractivity contribution in [3.8, 4) is 16.8 Å². The summed E-state index contributed by atoms with van der Waals surface area (Å²) in [5, 5.41) is 10.9. The molecule has 0 radical (unpaired) electrons. The highest BCUT2D eigenvalue weighted by Gasteiger charge is 2.23. The lowest BCUT2D eigenvalue weighted by atomic mass is 10.1. The van der Waals surface area contributed by atoms with E-state index in [1.807, 2.05) is 16.7 Å². The first-order chi connectivity index (χ1) is 15.3. The molecule has 3 aromatic carbocycles. The summed E-state index contributed by atoms with van der Waals surface area (Å²) < 4.78 is 16.3. The van der Waals surface area contributed by atoms with Crippen molar-refractivity contribution in [2.24, 2.45) is 0 Å². The number of nitrogens with zero attached hydrogens (tertiary/aromatic N) is 2. The maximum atomic E-state index is 14.4. The van der Waals surface area contributed by atoms with Crippen LogP contribution in [0.15, 0.2) is 77.8 Å². The molecule has 4 rings (SSSR count). The molecule has 0 aliphatic heterocycles. The fourth-order valence-electron chi connectivity index (χ4n) is 3.54. The number of hydrogen-bond acceptors (Lipinski definition) is 3. The lowest BCUT2D eigenvalue weighted by Gasteiger charge is -2.13. The van der Waals surface area contributed by atoms with E-state index in [-0.39, 0.29) is 12.2 Å². The van der Waals surface area contributed by atoms with Crippen LogP contribution in [0.4, 0.5) is 4.39 Å². The number of rotatable bonds is 6. The van der Waals surface area contributed by atoms with Crippen LogP contribution in [0.2, 0.25) is 5.02 Å². The van der Waals surface area contributed by atoms with Gasteiger partial charge in [-0.1, -0.05) is 41.9 Å². The summed E-state index contributed by atoms with van der Waals surface area (Å²) >= 11 is 7.97. The Bertz CT molecular complexity index is 1230. The average Bonchev–Trinajstić information content (AvgIpc) is 3.21. The Morgan fingerprint density at radius 1 is 1.03 bits per heavy atom. The molecule has 0 unspecified atom stereocenters. The maximum absolute atomic E-state index is 14.4. The second-order valence-electron chi connectivity index (χ2n) is 8.13. The van der Waals surface area contributed by atoms with Crippen molar-refractivity contribution in [2.45, 2.75) is 30.8 Å². The molecule has 0 amide bonds. The van der Waals surface area contributed by atoms with Gasteiger partial charge in [-0.05, 0) is 67.6 Å². The Morgan fingerprint density at radius 3 is 2.41 bits per heavy atom. The van der Waals surface area contributed by atoms with Crippen LogP contribution in [-0.2, 0) is 12.0 Å². The van der Waals surface area contributed by atoms with Gasteiger partial charge in [0.25, 0.3) is 0 Å². The van der Waals surface area contributed by atoms with Crippen molar-refractivity contribution in [1.29, 1.82) is 0 Å². The second kappa shape index (κ2) is 9.10. The molecule has 0 fully saturated rings. The minimum absolute atomic E-state index is 0.207. The van der Waals surface area contributed by atoms with E-state index in [0.29, 0.717) is 22.1 Å². The number of aromatic nitrogens is 2. The highest BCUT2D eigenvalue weighted by Crippen LogP contribution is 2.29. The van der Waals surface area contributed by atoms with Gasteiger partial charge < -0.3 is 9.67 Å². The molecule has 1 N–H and O–H groups in total. The summed E-state index contributed by atoms with van der Waals surface area (Å²) in [4.78, 5) is 5.83. The Labute approximate surface area is 196 Å². The van der Waals surface area contributed by atoms with Gasteiger partial charge in [-0.25, -0.2) is 9.37 Å². The summed E-state index contributed by atoms with van der Waals surface area (Å²) in [5.74, 6) is 0.229. The van der Waals surface area contributed by atoms with Gasteiger partial charge in [0.1, 0.15) is 17.2 Å². The third kappa shape index (κ3) is 4.75. The number of thioether (sulfide) groups is 1. The number of imidazole rings is 1. The molecule has 4 aromatic rings. The first-order valence-electron chi connectivity index (χ1n) is 10.2. The molecule has 164 valence electrons. The molecule has 3 nitrogen and oxygen atoms in total. The smallest absolute Gasteiger partial charge is 0.128 e. The largest absolute Gasteiger partial charge is 0.384 e. The van der Waals surface area contributed by atoms with Crippen LogP contribution >= 0.6 is 23.4 Å². The lowest BCUT2D eigenvalue weighted by Crippen LogP contribution is -2.16. The van der Waals surface area contributed by atoms with Crippen LogP contribution in [0.1, 0.15) is 30.9 Å². The SMILES string of the molecule is CSc1cccc(-c2ccc(-n3cc(C(C)(C)O)nc3Cc3c(F)cccc3Cl)cc2)c1. The predicted octanol–water partition coefficient (Wildman–Crippen LogP) is 6.87. The van der Waals surface area contributed by atoms with Crippen molar-refractivity contribution in [1.82, 2.24) is 9.55 Å². The molecule has 0 saturated carbocycles. The summed E-state index contributed by atoms with van der Waals surface area (Å²) in [6.45, 7) is 3.36. The predicted molar refractivity (Wildman–Crippen MR) is 130 cm³/mol. The number of benzene rings is 3. The van der Waals surface area contributed by atoms with Crippen molar-refractivity contribution in [2.75, 3.05) is 6.26 Å². The zero-order valence-corrected chi connectivity index (χ0v) is 19.7. The summed E-state index contributed by atoms with van der Waals surface area (Å²) in [6, 6.07) is 21.1. The third-order valence-electron chi connectivity index (χ3n) is 5.35. The molecule has 6 heteroatoms. The first kappa shape index (κ1) is 22.6. The van der Waals surface area contributed by atoms with Gasteiger partial charge in [-0.3, -0.25) is 0 Å². The summed E-state index contributed by atoms with van der Waals surface area (Å²) in [6.07, 6.45) is 4.07. The van der Waals surface area contributed by atoms with E-state index >= 15 is 0 Å². The van der Waals surface area contributed by atoms with Gasteiger partial charge in [0, 0.05) is 33.8 Å². The van der Waals surface area contributed by atoms with Crippen LogP contribution < -0.4 is 0 Å². The number of hydrogen-bond donors (Lipinski definition) is 1. The lowest BCUT2D eigenvalue weighted by molar-refractivity contribution is 0.0741. The molecule has 32 heavy (non-hydrogen) atoms. The van der Waals surface area contributed by atoms with E-state index in [4.69, 9.17) is 11.6 Å². The van der Waals surface area contributed by atoms with Gasteiger partial charge in [-0.2, -0.15) is 0 Å². The molecule has 0 aliphatic carbocycles. The van der Waals surface area contributed by atoms with Crippen LogP contribution in [0.25, 0.3) is 16.8 Å². The van der Waals surface area contributed by atoms with Crippen LogP contribution in [-0.4, -0.2) is 20.9 Å². The number of aliphatic hydroxyl groups is 1. The molecule has 0 atom stereocenters. The van der Waals surface area contributed by atoms with Gasteiger partial charge >= 0.3 is 0 Å². The average molecular weight is 467 g/mol. The number of halogens is 2.